The second-order valence-electron chi connectivity index (χ2n) is 32.3. The van der Waals surface area contributed by atoms with Crippen molar-refractivity contribution in [3.63, 3.8) is 0 Å². The van der Waals surface area contributed by atoms with E-state index in [4.69, 9.17) is 9.97 Å². The van der Waals surface area contributed by atoms with Crippen molar-refractivity contribution in [2.24, 2.45) is 0 Å². The van der Waals surface area contributed by atoms with E-state index in [2.05, 4.69) is 386 Å². The monoisotopic (exact) mass is 1360 g/mol. The van der Waals surface area contributed by atoms with Gasteiger partial charge in [0, 0.05) is 77.9 Å². The molecule has 0 radical (unpaired) electrons. The van der Waals surface area contributed by atoms with Gasteiger partial charge in [-0.1, -0.05) is 279 Å². The highest BCUT2D eigenvalue weighted by Gasteiger charge is 2.34. The molecule has 0 saturated carbocycles. The number of fused-ring (bicyclic) bond motifs is 8. The van der Waals surface area contributed by atoms with Crippen molar-refractivity contribution < 1.29 is 17.9 Å². The minimum absolute atomic E-state index is 0.780. The lowest BCUT2D eigenvalue weighted by Gasteiger charge is -2.24. The number of H-pyrrole nitrogens is 2. The molecule has 0 atom stereocenters. The fourth-order valence-corrected chi connectivity index (χ4v) is 15.5. The minimum Gasteiger partial charge on any atom is -0.353 e. The van der Waals surface area contributed by atoms with Crippen LogP contribution < -0.4 is 0 Å². The van der Waals surface area contributed by atoms with Crippen LogP contribution in [0.3, 0.4) is 0 Å². The zero-order chi connectivity index (χ0) is 72.1. The van der Waals surface area contributed by atoms with E-state index in [0.717, 1.165) is 200 Å². The summed E-state index contributed by atoms with van der Waals surface area (Å²) in [5, 5.41) is 0. The van der Waals surface area contributed by atoms with Gasteiger partial charge < -0.3 is 27.9 Å². The first kappa shape index (κ1) is 68.4. The smallest absolute Gasteiger partial charge is 0.104 e. The van der Waals surface area contributed by atoms with Crippen molar-refractivity contribution in [2.75, 3.05) is 84.6 Å². The summed E-state index contributed by atoms with van der Waals surface area (Å²) in [5.41, 5.74) is 32.8. The molecule has 0 aliphatic carbocycles. The lowest BCUT2D eigenvalue weighted by Crippen LogP contribution is -2.33. The molecule has 8 heteroatoms. The Kier molecular flexibility index (Phi) is 18.3. The van der Waals surface area contributed by atoms with Crippen molar-refractivity contribution in [1.29, 1.82) is 0 Å². The van der Waals surface area contributed by atoms with E-state index in [0.29, 0.717) is 0 Å². The van der Waals surface area contributed by atoms with Gasteiger partial charge in [0.2, 0.25) is 0 Å². The van der Waals surface area contributed by atoms with Crippen LogP contribution in [0.4, 0.5) is 0 Å². The summed E-state index contributed by atoms with van der Waals surface area (Å²) >= 11 is 0. The Labute approximate surface area is 614 Å². The van der Waals surface area contributed by atoms with Gasteiger partial charge in [0.1, 0.15) is 26.2 Å². The molecule has 10 aromatic carbocycles. The molecule has 0 spiro atoms. The zero-order valence-electron chi connectivity index (χ0n) is 62.2. The molecule has 5 heterocycles. The van der Waals surface area contributed by atoms with Crippen LogP contribution in [0, 0.1) is 0 Å². The molecule has 2 aliphatic rings. The summed E-state index contributed by atoms with van der Waals surface area (Å²) in [5.74, 6) is 0. The minimum atomic E-state index is 0.780. The van der Waals surface area contributed by atoms with E-state index < -0.39 is 0 Å². The van der Waals surface area contributed by atoms with Crippen molar-refractivity contribution >= 4 is 45.4 Å². The van der Waals surface area contributed by atoms with Gasteiger partial charge in [-0.3, -0.25) is 0 Å². The summed E-state index contributed by atoms with van der Waals surface area (Å²) in [6.07, 6.45) is 4.54. The first-order valence-electron chi connectivity index (χ1n) is 36.4. The fourth-order valence-electron chi connectivity index (χ4n) is 15.5. The number of aromatic nitrogens is 4. The Balaban J connectivity index is 1.29. The molecule has 2 aliphatic heterocycles. The second kappa shape index (κ2) is 27.8. The third kappa shape index (κ3) is 14.3. The van der Waals surface area contributed by atoms with Crippen LogP contribution in [-0.2, 0) is 26.2 Å². The summed E-state index contributed by atoms with van der Waals surface area (Å²) in [4.78, 5) is 21.7. The molecule has 15 rings (SSSR count). The van der Waals surface area contributed by atoms with E-state index >= 15 is 0 Å². The van der Waals surface area contributed by atoms with E-state index in [9.17, 15) is 0 Å². The molecule has 0 saturated heterocycles. The van der Waals surface area contributed by atoms with Gasteiger partial charge in [0.25, 0.3) is 0 Å². The SMILES string of the molecule is C[N+](C)(C)Cc1ccc(-c2c3nc(c(-c4ccc(C[N+](C)(C)C)cc4)c4[nH]c(c(-c5ccc(C[N+](C)(C)C)cc5)c5nc(c(-c6ccc(C[N+](C)(C)C)cc6)c6[nH]c2c(-c2ccccc2)c6-c2ccccc2)C(c2ccccc2)=C5c2ccccc2)c(-c2ccccc2)c4-c2ccccc2)C=C3)cc1. The Bertz CT molecular complexity index is 5190. The van der Waals surface area contributed by atoms with Crippen molar-refractivity contribution in [3.8, 4) is 89.0 Å². The quantitative estimate of drug-likeness (QED) is 0.0841. The first-order valence-corrected chi connectivity index (χ1v) is 36.4. The molecule has 0 fully saturated rings. The maximum atomic E-state index is 6.61. The van der Waals surface area contributed by atoms with Crippen LogP contribution in [0.1, 0.15) is 56.2 Å². The van der Waals surface area contributed by atoms with Crippen molar-refractivity contribution in [3.05, 3.63) is 335 Å². The molecule has 104 heavy (non-hydrogen) atoms. The highest BCUT2D eigenvalue weighted by molar-refractivity contribution is 6.19. The molecule has 3 aromatic heterocycles. The molecule has 514 valence electrons. The normalized spacial score (nSPS) is 12.7. The van der Waals surface area contributed by atoms with Gasteiger partial charge in [-0.2, -0.15) is 0 Å². The topological polar surface area (TPSA) is 57.4 Å². The summed E-state index contributed by atoms with van der Waals surface area (Å²) < 4.78 is 3.14. The van der Waals surface area contributed by atoms with Gasteiger partial charge >= 0.3 is 0 Å². The highest BCUT2D eigenvalue weighted by atomic mass is 15.3. The fraction of sp³-hybridized carbons (Fsp3) is 0.167. The number of quaternary nitrogens is 4. The predicted molar refractivity (Wildman–Crippen MR) is 438 cm³/mol. The largest absolute Gasteiger partial charge is 0.353 e. The first-order chi connectivity index (χ1) is 50.1. The number of benzene rings is 10. The molecule has 0 amide bonds. The van der Waals surface area contributed by atoms with Crippen LogP contribution in [0.5, 0.6) is 0 Å². The Morgan fingerprint density at radius 1 is 0.212 bits per heavy atom. The van der Waals surface area contributed by atoms with Gasteiger partial charge in [0.15, 0.2) is 0 Å². The summed E-state index contributed by atoms with van der Waals surface area (Å²) in [6.45, 7) is 3.43. The lowest BCUT2D eigenvalue weighted by molar-refractivity contribution is -0.884. The van der Waals surface area contributed by atoms with E-state index in [1.165, 1.54) is 22.3 Å². The summed E-state index contributed by atoms with van der Waals surface area (Å²) in [6, 6.07) is 104. The highest BCUT2D eigenvalue weighted by Crippen LogP contribution is 2.54. The van der Waals surface area contributed by atoms with Crippen LogP contribution >= 0.6 is 0 Å². The van der Waals surface area contributed by atoms with Crippen LogP contribution in [0.25, 0.3) is 134 Å². The number of hydrogen-bond donors (Lipinski definition) is 2. The lowest BCUT2D eigenvalue weighted by atomic mass is 9.86. The zero-order valence-corrected chi connectivity index (χ0v) is 62.2. The molecule has 13 aromatic rings. The van der Waals surface area contributed by atoms with E-state index in [-0.39, 0.29) is 0 Å². The van der Waals surface area contributed by atoms with Crippen LogP contribution in [-0.4, -0.2) is 122 Å². The van der Waals surface area contributed by atoms with Crippen molar-refractivity contribution in [2.45, 2.75) is 26.2 Å². The number of nitrogens with zero attached hydrogens (tertiary/aromatic N) is 6. The Hall–Kier alpha value is -11.4. The molecule has 2 N–H and O–H groups in total. The van der Waals surface area contributed by atoms with Gasteiger partial charge in [-0.15, -0.1) is 0 Å². The average molecular weight is 1360 g/mol. The molecule has 0 unspecified atom stereocenters. The van der Waals surface area contributed by atoms with Crippen LogP contribution in [0.15, 0.2) is 279 Å². The Morgan fingerprint density at radius 3 is 0.644 bits per heavy atom. The standard InChI is InChI=1S/C96H94N8/c1-101(2,3)61-65-43-51-75(52-44-65)81-79-59-60-80(97-79)82(76-53-45-66(46-54-76)62-102(4,5)6)92-84(70-33-21-14-22-34-70)86(72-37-25-16-26-38-72)94(99-92)90(78-57-49-68(50-58-78)64-104(10,11)12)96-88(74-41-29-18-30-42-74)87(73-39-27-17-28-40-73)95(100-96)89(77-55-47-67(48-56-77)63-103(7,8)9)93-85(71-35-23-15-24-36-71)83(91(81)98-93)69-31-19-13-20-32-69/h13-60,98-99H,61-64H2,1-12H3/q+4. The molecule has 8 nitrogen and oxygen atoms in total. The second-order valence-corrected chi connectivity index (χ2v) is 32.3. The maximum Gasteiger partial charge on any atom is 0.104 e. The third-order valence-corrected chi connectivity index (χ3v) is 19.5. The maximum absolute atomic E-state index is 6.61. The summed E-state index contributed by atoms with van der Waals surface area (Å²) in [7, 11) is 27.1. The number of aromatic amines is 2. The van der Waals surface area contributed by atoms with Crippen molar-refractivity contribution in [1.82, 2.24) is 19.9 Å². The molecular formula is C96H94N8+4. The number of nitrogens with one attached hydrogen (secondary N) is 2. The number of hydrogen-bond acceptors (Lipinski definition) is 2. The van der Waals surface area contributed by atoms with Crippen LogP contribution in [0.2, 0.25) is 0 Å². The van der Waals surface area contributed by atoms with E-state index in [1.54, 1.807) is 0 Å². The van der Waals surface area contributed by atoms with Gasteiger partial charge in [-0.25, -0.2) is 9.97 Å². The molecular weight excluding hydrogens is 1270 g/mol. The van der Waals surface area contributed by atoms with Gasteiger partial charge in [0.05, 0.1) is 129 Å². The Morgan fingerprint density at radius 2 is 0.413 bits per heavy atom. The predicted octanol–water partition coefficient (Wildman–Crippen LogP) is 21.7. The van der Waals surface area contributed by atoms with E-state index in [1.807, 2.05) is 0 Å². The third-order valence-electron chi connectivity index (χ3n) is 19.5. The number of rotatable bonds is 18. The van der Waals surface area contributed by atoms with Gasteiger partial charge in [-0.05, 0) is 67.8 Å². The molecule has 8 bridgehead atoms. The average Bonchev–Trinajstić information content (AvgIpc) is 1.56.